The van der Waals surface area contributed by atoms with Crippen molar-refractivity contribution in [3.05, 3.63) is 12.4 Å². The van der Waals surface area contributed by atoms with Crippen LogP contribution in [0.25, 0.3) is 0 Å². The molecule has 1 heterocycles. The highest BCUT2D eigenvalue weighted by molar-refractivity contribution is 4.90. The minimum atomic E-state index is 0.504. The molecular formula is C14H28N2. The van der Waals surface area contributed by atoms with Gasteiger partial charge in [-0.05, 0) is 12.8 Å². The Morgan fingerprint density at radius 1 is 0.750 bits per heavy atom. The maximum atomic E-state index is 3.29. The van der Waals surface area contributed by atoms with Gasteiger partial charge in [0.05, 0.1) is 6.17 Å². The summed E-state index contributed by atoms with van der Waals surface area (Å²) in [6, 6.07) is 0. The van der Waals surface area contributed by atoms with Gasteiger partial charge in [-0.1, -0.05) is 58.3 Å². The third-order valence-corrected chi connectivity index (χ3v) is 3.27. The van der Waals surface area contributed by atoms with E-state index in [1.54, 1.807) is 0 Å². The van der Waals surface area contributed by atoms with Gasteiger partial charge in [0.2, 0.25) is 0 Å². The predicted octanol–water partition coefficient (Wildman–Crippen LogP) is 3.90. The lowest BCUT2D eigenvalue weighted by Gasteiger charge is -2.11. The predicted molar refractivity (Wildman–Crippen MR) is 71.0 cm³/mol. The van der Waals surface area contributed by atoms with Crippen molar-refractivity contribution in [2.45, 2.75) is 77.3 Å². The first-order valence-corrected chi connectivity index (χ1v) is 7.10. The van der Waals surface area contributed by atoms with E-state index >= 15 is 0 Å². The second-order valence-corrected chi connectivity index (χ2v) is 4.84. The van der Waals surface area contributed by atoms with Gasteiger partial charge in [-0.2, -0.15) is 0 Å². The molecule has 0 saturated carbocycles. The first-order chi connectivity index (χ1) is 7.93. The van der Waals surface area contributed by atoms with Crippen molar-refractivity contribution in [2.75, 3.05) is 0 Å². The van der Waals surface area contributed by atoms with Crippen LogP contribution in [0.15, 0.2) is 12.4 Å². The first-order valence-electron chi connectivity index (χ1n) is 7.10. The Morgan fingerprint density at radius 2 is 1.25 bits per heavy atom. The number of nitrogens with one attached hydrogen (secondary N) is 2. The van der Waals surface area contributed by atoms with Crippen LogP contribution in [0.2, 0.25) is 0 Å². The maximum absolute atomic E-state index is 3.29. The third-order valence-electron chi connectivity index (χ3n) is 3.27. The summed E-state index contributed by atoms with van der Waals surface area (Å²) in [5.41, 5.74) is 0. The molecule has 0 atom stereocenters. The van der Waals surface area contributed by atoms with E-state index < -0.39 is 0 Å². The van der Waals surface area contributed by atoms with Crippen LogP contribution < -0.4 is 10.6 Å². The van der Waals surface area contributed by atoms with Crippen molar-refractivity contribution in [2.24, 2.45) is 0 Å². The van der Waals surface area contributed by atoms with Crippen molar-refractivity contribution < 1.29 is 0 Å². The van der Waals surface area contributed by atoms with Crippen LogP contribution >= 0.6 is 0 Å². The van der Waals surface area contributed by atoms with Crippen LogP contribution in [0.1, 0.15) is 71.1 Å². The second-order valence-electron chi connectivity index (χ2n) is 4.84. The van der Waals surface area contributed by atoms with Gasteiger partial charge < -0.3 is 10.6 Å². The fourth-order valence-corrected chi connectivity index (χ4v) is 2.20. The minimum absolute atomic E-state index is 0.504. The van der Waals surface area contributed by atoms with E-state index in [9.17, 15) is 0 Å². The van der Waals surface area contributed by atoms with Gasteiger partial charge in [0.25, 0.3) is 0 Å². The minimum Gasteiger partial charge on any atom is -0.370 e. The highest BCUT2D eigenvalue weighted by Crippen LogP contribution is 2.11. The zero-order chi connectivity index (χ0) is 11.5. The van der Waals surface area contributed by atoms with Crippen molar-refractivity contribution in [1.29, 1.82) is 0 Å². The summed E-state index contributed by atoms with van der Waals surface area (Å²) in [5.74, 6) is 0. The average Bonchev–Trinajstić information content (AvgIpc) is 2.80. The molecule has 1 rings (SSSR count). The number of unbranched alkanes of at least 4 members (excludes halogenated alkanes) is 8. The van der Waals surface area contributed by atoms with E-state index in [4.69, 9.17) is 0 Å². The Balaban J connectivity index is 1.71. The fourth-order valence-electron chi connectivity index (χ4n) is 2.20. The Hall–Kier alpha value is -0.660. The summed E-state index contributed by atoms with van der Waals surface area (Å²) in [7, 11) is 0. The van der Waals surface area contributed by atoms with Gasteiger partial charge in [0, 0.05) is 12.4 Å². The van der Waals surface area contributed by atoms with Crippen LogP contribution in [0.3, 0.4) is 0 Å². The zero-order valence-corrected chi connectivity index (χ0v) is 10.8. The standard InChI is InChI=1S/C14H28N2/c1-2-3-4-5-6-7-8-9-10-11-14-15-12-13-16-14/h12-16H,2-11H2,1H3. The molecule has 1 aliphatic rings. The molecule has 0 spiro atoms. The number of hydrogen-bond acceptors (Lipinski definition) is 2. The number of rotatable bonds is 10. The number of hydrogen-bond donors (Lipinski definition) is 2. The van der Waals surface area contributed by atoms with Crippen LogP contribution in [0.4, 0.5) is 0 Å². The molecular weight excluding hydrogens is 196 g/mol. The molecule has 0 fully saturated rings. The lowest BCUT2D eigenvalue weighted by atomic mass is 10.1. The summed E-state index contributed by atoms with van der Waals surface area (Å²) in [4.78, 5) is 0. The molecule has 0 radical (unpaired) electrons. The maximum Gasteiger partial charge on any atom is 0.0955 e. The molecule has 2 N–H and O–H groups in total. The SMILES string of the molecule is CCCCCCCCCCCC1NC=CN1. The van der Waals surface area contributed by atoms with Crippen LogP contribution in [0.5, 0.6) is 0 Å². The normalized spacial score (nSPS) is 15.1. The highest BCUT2D eigenvalue weighted by Gasteiger charge is 2.05. The molecule has 0 aromatic rings. The zero-order valence-electron chi connectivity index (χ0n) is 10.8. The molecule has 0 aromatic carbocycles. The first kappa shape index (κ1) is 13.4. The lowest BCUT2D eigenvalue weighted by Crippen LogP contribution is -2.30. The Kier molecular flexibility index (Phi) is 8.01. The molecule has 0 unspecified atom stereocenters. The highest BCUT2D eigenvalue weighted by atomic mass is 15.1. The van der Waals surface area contributed by atoms with Crippen LogP contribution in [-0.2, 0) is 0 Å². The van der Waals surface area contributed by atoms with Crippen LogP contribution in [0, 0.1) is 0 Å². The molecule has 0 aromatic heterocycles. The van der Waals surface area contributed by atoms with E-state index in [2.05, 4.69) is 17.6 Å². The third kappa shape index (κ3) is 6.76. The monoisotopic (exact) mass is 224 g/mol. The summed E-state index contributed by atoms with van der Waals surface area (Å²) >= 11 is 0. The van der Waals surface area contributed by atoms with Crippen molar-refractivity contribution in [3.63, 3.8) is 0 Å². The summed E-state index contributed by atoms with van der Waals surface area (Å²) in [6.07, 6.45) is 18.5. The average molecular weight is 224 g/mol. The summed E-state index contributed by atoms with van der Waals surface area (Å²) < 4.78 is 0. The van der Waals surface area contributed by atoms with Gasteiger partial charge in [-0.25, -0.2) is 0 Å². The van der Waals surface area contributed by atoms with Crippen molar-refractivity contribution in [3.8, 4) is 0 Å². The van der Waals surface area contributed by atoms with Gasteiger partial charge in [0.15, 0.2) is 0 Å². The van der Waals surface area contributed by atoms with E-state index in [1.807, 2.05) is 12.4 Å². The Morgan fingerprint density at radius 3 is 1.81 bits per heavy atom. The van der Waals surface area contributed by atoms with Gasteiger partial charge in [-0.3, -0.25) is 0 Å². The lowest BCUT2D eigenvalue weighted by molar-refractivity contribution is 0.480. The fraction of sp³-hybridized carbons (Fsp3) is 0.857. The molecule has 2 nitrogen and oxygen atoms in total. The quantitative estimate of drug-likeness (QED) is 0.550. The molecule has 0 saturated heterocycles. The summed E-state index contributed by atoms with van der Waals surface area (Å²) in [5, 5.41) is 6.58. The Labute approximate surface area is 101 Å². The summed E-state index contributed by atoms with van der Waals surface area (Å²) in [6.45, 7) is 2.28. The van der Waals surface area contributed by atoms with Gasteiger partial charge in [0.1, 0.15) is 0 Å². The molecule has 0 aliphatic carbocycles. The van der Waals surface area contributed by atoms with E-state index in [1.165, 1.54) is 64.2 Å². The molecule has 16 heavy (non-hydrogen) atoms. The molecule has 0 amide bonds. The van der Waals surface area contributed by atoms with Gasteiger partial charge >= 0.3 is 0 Å². The van der Waals surface area contributed by atoms with Crippen LogP contribution in [-0.4, -0.2) is 6.17 Å². The topological polar surface area (TPSA) is 24.1 Å². The van der Waals surface area contributed by atoms with Crippen molar-refractivity contribution in [1.82, 2.24) is 10.6 Å². The van der Waals surface area contributed by atoms with E-state index in [0.29, 0.717) is 6.17 Å². The second kappa shape index (κ2) is 9.56. The van der Waals surface area contributed by atoms with Gasteiger partial charge in [-0.15, -0.1) is 0 Å². The van der Waals surface area contributed by atoms with Crippen molar-refractivity contribution >= 4 is 0 Å². The molecule has 94 valence electrons. The van der Waals surface area contributed by atoms with E-state index in [0.717, 1.165) is 0 Å². The Bertz CT molecular complexity index is 170. The molecule has 0 bridgehead atoms. The largest absolute Gasteiger partial charge is 0.370 e. The smallest absolute Gasteiger partial charge is 0.0955 e. The van der Waals surface area contributed by atoms with E-state index in [-0.39, 0.29) is 0 Å². The molecule has 1 aliphatic heterocycles. The molecule has 2 heteroatoms.